The highest BCUT2D eigenvalue weighted by Crippen LogP contribution is 2.08. The Bertz CT molecular complexity index is 384. The first-order valence-corrected chi connectivity index (χ1v) is 6.49. The Hall–Kier alpha value is -1.35. The van der Waals surface area contributed by atoms with Gasteiger partial charge in [0.2, 0.25) is 0 Å². The van der Waals surface area contributed by atoms with Gasteiger partial charge in [-0.15, -0.1) is 0 Å². The fraction of sp³-hybridized carbons (Fsp3) is 0.533. The van der Waals surface area contributed by atoms with E-state index in [2.05, 4.69) is 13.8 Å². The molecule has 1 atom stereocenters. The van der Waals surface area contributed by atoms with Crippen molar-refractivity contribution in [3.05, 3.63) is 35.4 Å². The number of carbonyl (C=O) groups excluding carboxylic acids is 1. The largest absolute Gasteiger partial charge is 0.342 e. The monoisotopic (exact) mass is 248 g/mol. The number of benzene rings is 1. The van der Waals surface area contributed by atoms with Crippen LogP contribution in [-0.4, -0.2) is 30.4 Å². The first-order chi connectivity index (χ1) is 8.41. The molecule has 0 fully saturated rings. The molecule has 0 saturated carbocycles. The zero-order valence-electron chi connectivity index (χ0n) is 11.8. The molecule has 1 aromatic rings. The fourth-order valence-electron chi connectivity index (χ4n) is 1.69. The number of hydrogen-bond acceptors (Lipinski definition) is 2. The van der Waals surface area contributed by atoms with Crippen molar-refractivity contribution >= 4 is 5.91 Å². The predicted molar refractivity (Wildman–Crippen MR) is 75.6 cm³/mol. The summed E-state index contributed by atoms with van der Waals surface area (Å²) in [6.45, 7) is 6.92. The number of rotatable bonds is 5. The molecule has 3 heteroatoms. The van der Waals surface area contributed by atoms with E-state index in [0.717, 1.165) is 17.5 Å². The number of carbonyl (C=O) groups is 1. The Balaban J connectivity index is 2.54. The molecule has 0 radical (unpaired) electrons. The lowest BCUT2D eigenvalue weighted by molar-refractivity contribution is 0.0789. The number of nitrogens with two attached hydrogens (primary N) is 1. The molecule has 1 aromatic carbocycles. The summed E-state index contributed by atoms with van der Waals surface area (Å²) in [5.74, 6) is 0.513. The zero-order chi connectivity index (χ0) is 13.7. The number of nitrogens with zero attached hydrogens (tertiary/aromatic N) is 1. The van der Waals surface area contributed by atoms with Crippen LogP contribution in [0.1, 0.15) is 36.2 Å². The minimum absolute atomic E-state index is 0.0611. The van der Waals surface area contributed by atoms with Gasteiger partial charge in [-0.05, 0) is 31.4 Å². The lowest BCUT2D eigenvalue weighted by Gasteiger charge is -2.21. The number of amides is 1. The Labute approximate surface area is 110 Å². The molecule has 0 spiro atoms. The van der Waals surface area contributed by atoms with Crippen LogP contribution in [0.4, 0.5) is 0 Å². The molecular formula is C15H24N2O. The Morgan fingerprint density at radius 1 is 1.28 bits per heavy atom. The molecule has 0 saturated heterocycles. The van der Waals surface area contributed by atoms with Crippen LogP contribution in [0.3, 0.4) is 0 Å². The van der Waals surface area contributed by atoms with Gasteiger partial charge in [0, 0.05) is 25.2 Å². The second kappa shape index (κ2) is 6.55. The maximum Gasteiger partial charge on any atom is 0.253 e. The van der Waals surface area contributed by atoms with Crippen LogP contribution in [-0.2, 0) is 0 Å². The van der Waals surface area contributed by atoms with Crippen LogP contribution < -0.4 is 5.73 Å². The summed E-state index contributed by atoms with van der Waals surface area (Å²) in [6.07, 6.45) is 0.839. The molecule has 0 aromatic heterocycles. The maximum atomic E-state index is 12.1. The zero-order valence-corrected chi connectivity index (χ0v) is 11.8. The molecule has 0 aliphatic heterocycles. The predicted octanol–water partition coefficient (Wildman–Crippen LogP) is 2.44. The fourth-order valence-corrected chi connectivity index (χ4v) is 1.69. The summed E-state index contributed by atoms with van der Waals surface area (Å²) in [4.78, 5) is 13.9. The van der Waals surface area contributed by atoms with E-state index in [1.807, 2.05) is 38.2 Å². The Morgan fingerprint density at radius 3 is 2.33 bits per heavy atom. The van der Waals surface area contributed by atoms with Crippen LogP contribution in [0.15, 0.2) is 24.3 Å². The van der Waals surface area contributed by atoms with Crippen molar-refractivity contribution in [1.29, 1.82) is 0 Å². The number of hydrogen-bond donors (Lipinski definition) is 1. The second-order valence-corrected chi connectivity index (χ2v) is 5.29. The molecule has 0 aliphatic carbocycles. The van der Waals surface area contributed by atoms with E-state index in [1.165, 1.54) is 0 Å². The van der Waals surface area contributed by atoms with E-state index >= 15 is 0 Å². The SMILES string of the molecule is Cc1ccc(C(=O)N(C)CCC(N)C(C)C)cc1. The molecule has 0 aliphatic rings. The topological polar surface area (TPSA) is 46.3 Å². The van der Waals surface area contributed by atoms with Crippen LogP contribution >= 0.6 is 0 Å². The second-order valence-electron chi connectivity index (χ2n) is 5.29. The smallest absolute Gasteiger partial charge is 0.253 e. The molecule has 18 heavy (non-hydrogen) atoms. The van der Waals surface area contributed by atoms with E-state index in [4.69, 9.17) is 5.73 Å². The molecule has 2 N–H and O–H groups in total. The van der Waals surface area contributed by atoms with Gasteiger partial charge >= 0.3 is 0 Å². The van der Waals surface area contributed by atoms with Crippen LogP contribution in [0.5, 0.6) is 0 Å². The van der Waals surface area contributed by atoms with Gasteiger partial charge in [0.1, 0.15) is 0 Å². The normalized spacial score (nSPS) is 12.6. The molecule has 1 amide bonds. The minimum atomic E-state index is 0.0611. The molecular weight excluding hydrogens is 224 g/mol. The quantitative estimate of drug-likeness (QED) is 0.870. The van der Waals surface area contributed by atoms with Crippen molar-refractivity contribution < 1.29 is 4.79 Å². The Morgan fingerprint density at radius 2 is 1.83 bits per heavy atom. The van der Waals surface area contributed by atoms with Crippen molar-refractivity contribution in [3.63, 3.8) is 0 Å². The summed E-state index contributed by atoms with van der Waals surface area (Å²) in [5, 5.41) is 0. The molecule has 100 valence electrons. The van der Waals surface area contributed by atoms with Crippen molar-refractivity contribution in [1.82, 2.24) is 4.90 Å². The van der Waals surface area contributed by atoms with Crippen molar-refractivity contribution in [3.8, 4) is 0 Å². The highest BCUT2D eigenvalue weighted by Gasteiger charge is 2.14. The first-order valence-electron chi connectivity index (χ1n) is 6.49. The molecule has 0 heterocycles. The average molecular weight is 248 g/mol. The maximum absolute atomic E-state index is 12.1. The first kappa shape index (κ1) is 14.7. The van der Waals surface area contributed by atoms with Gasteiger partial charge < -0.3 is 10.6 Å². The van der Waals surface area contributed by atoms with E-state index in [1.54, 1.807) is 4.90 Å². The van der Waals surface area contributed by atoms with Gasteiger partial charge in [0.05, 0.1) is 0 Å². The highest BCUT2D eigenvalue weighted by atomic mass is 16.2. The van der Waals surface area contributed by atoms with E-state index < -0.39 is 0 Å². The third-order valence-electron chi connectivity index (χ3n) is 3.30. The molecule has 1 unspecified atom stereocenters. The summed E-state index contributed by atoms with van der Waals surface area (Å²) < 4.78 is 0. The summed E-state index contributed by atoms with van der Waals surface area (Å²) >= 11 is 0. The minimum Gasteiger partial charge on any atom is -0.342 e. The third kappa shape index (κ3) is 4.15. The van der Waals surface area contributed by atoms with Crippen LogP contribution in [0.2, 0.25) is 0 Å². The van der Waals surface area contributed by atoms with Crippen molar-refractivity contribution in [2.24, 2.45) is 11.7 Å². The van der Waals surface area contributed by atoms with Crippen molar-refractivity contribution in [2.75, 3.05) is 13.6 Å². The molecule has 3 nitrogen and oxygen atoms in total. The molecule has 1 rings (SSSR count). The lowest BCUT2D eigenvalue weighted by Crippen LogP contribution is -2.34. The Kier molecular flexibility index (Phi) is 5.35. The van der Waals surface area contributed by atoms with Gasteiger partial charge in [-0.25, -0.2) is 0 Å². The van der Waals surface area contributed by atoms with Crippen LogP contribution in [0, 0.1) is 12.8 Å². The van der Waals surface area contributed by atoms with E-state index in [0.29, 0.717) is 12.5 Å². The van der Waals surface area contributed by atoms with Gasteiger partial charge in [-0.1, -0.05) is 31.5 Å². The highest BCUT2D eigenvalue weighted by molar-refractivity contribution is 5.94. The van der Waals surface area contributed by atoms with Gasteiger partial charge in [0.15, 0.2) is 0 Å². The molecule has 0 bridgehead atoms. The summed E-state index contributed by atoms with van der Waals surface area (Å²) in [5.41, 5.74) is 7.89. The summed E-state index contributed by atoms with van der Waals surface area (Å²) in [7, 11) is 1.83. The van der Waals surface area contributed by atoms with E-state index in [9.17, 15) is 4.79 Å². The number of aryl methyl sites for hydroxylation is 1. The standard InChI is InChI=1S/C15H24N2O/c1-11(2)14(16)9-10-17(4)15(18)13-7-5-12(3)6-8-13/h5-8,11,14H,9-10,16H2,1-4H3. The van der Waals surface area contributed by atoms with E-state index in [-0.39, 0.29) is 11.9 Å². The van der Waals surface area contributed by atoms with Crippen molar-refractivity contribution in [2.45, 2.75) is 33.2 Å². The van der Waals surface area contributed by atoms with Gasteiger partial charge in [-0.3, -0.25) is 4.79 Å². The average Bonchev–Trinajstić information content (AvgIpc) is 2.35. The lowest BCUT2D eigenvalue weighted by atomic mass is 10.0. The third-order valence-corrected chi connectivity index (χ3v) is 3.30. The summed E-state index contributed by atoms with van der Waals surface area (Å²) in [6, 6.07) is 7.81. The van der Waals surface area contributed by atoms with Gasteiger partial charge in [-0.2, -0.15) is 0 Å². The van der Waals surface area contributed by atoms with Gasteiger partial charge in [0.25, 0.3) is 5.91 Å². The van der Waals surface area contributed by atoms with Crippen LogP contribution in [0.25, 0.3) is 0 Å².